The molecular weight excluding hydrogens is 325 g/mol. The predicted octanol–water partition coefficient (Wildman–Crippen LogP) is 2.96. The van der Waals surface area contributed by atoms with Gasteiger partial charge in [-0.1, -0.05) is 0 Å². The Bertz CT molecular complexity index is 794. The van der Waals surface area contributed by atoms with Gasteiger partial charge in [0.1, 0.15) is 11.3 Å². The van der Waals surface area contributed by atoms with E-state index in [2.05, 4.69) is 0 Å². The van der Waals surface area contributed by atoms with Gasteiger partial charge in [0.25, 0.3) is 0 Å². The molecule has 0 aromatic heterocycles. The number of halogens is 5. The number of carboxylic acids is 1. The van der Waals surface area contributed by atoms with Crippen LogP contribution in [0.25, 0.3) is 0 Å². The van der Waals surface area contributed by atoms with Crippen molar-refractivity contribution in [2.24, 2.45) is 0 Å². The average Bonchev–Trinajstić information content (AvgIpc) is 2.49. The second-order valence-corrected chi connectivity index (χ2v) is 4.60. The molecule has 0 radical (unpaired) electrons. The second kappa shape index (κ2) is 5.75. The molecule has 0 fully saturated rings. The molecule has 0 saturated carbocycles. The summed E-state index contributed by atoms with van der Waals surface area (Å²) in [5.41, 5.74) is 3.21. The van der Waals surface area contributed by atoms with Gasteiger partial charge in [-0.05, 0) is 11.6 Å². The van der Waals surface area contributed by atoms with E-state index in [1.165, 1.54) is 0 Å². The Hall–Kier alpha value is -2.84. The third-order valence-electron chi connectivity index (χ3n) is 3.16. The first-order valence-corrected chi connectivity index (χ1v) is 6.00. The van der Waals surface area contributed by atoms with Crippen molar-refractivity contribution in [1.82, 2.24) is 0 Å². The molecule has 122 valence electrons. The molecule has 0 unspecified atom stereocenters. The summed E-state index contributed by atoms with van der Waals surface area (Å²) in [6.45, 7) is 0. The van der Waals surface area contributed by atoms with Crippen molar-refractivity contribution in [3.05, 3.63) is 57.9 Å². The van der Waals surface area contributed by atoms with Crippen molar-refractivity contribution in [2.45, 2.75) is 6.42 Å². The number of nitrogen functional groups attached to an aromatic ring is 1. The first-order chi connectivity index (χ1) is 10.6. The number of rotatable bonds is 3. The van der Waals surface area contributed by atoms with Gasteiger partial charge in [0.05, 0.1) is 0 Å². The van der Waals surface area contributed by atoms with Crippen LogP contribution >= 0.6 is 0 Å². The molecule has 0 amide bonds. The zero-order chi connectivity index (χ0) is 17.5. The molecular formula is C14H8F5NO3. The fourth-order valence-corrected chi connectivity index (χ4v) is 1.97. The Labute approximate surface area is 125 Å². The molecule has 4 N–H and O–H groups in total. The topological polar surface area (TPSA) is 83.5 Å². The molecule has 0 aliphatic heterocycles. The molecule has 0 saturated heterocycles. The summed E-state index contributed by atoms with van der Waals surface area (Å²) in [4.78, 5) is 10.9. The molecule has 23 heavy (non-hydrogen) atoms. The van der Waals surface area contributed by atoms with Crippen LogP contribution in [0.2, 0.25) is 0 Å². The van der Waals surface area contributed by atoms with Gasteiger partial charge in [0.2, 0.25) is 5.82 Å². The maximum absolute atomic E-state index is 13.6. The van der Waals surface area contributed by atoms with Crippen molar-refractivity contribution in [3.8, 4) is 5.75 Å². The van der Waals surface area contributed by atoms with Gasteiger partial charge in [-0.3, -0.25) is 0 Å². The summed E-state index contributed by atoms with van der Waals surface area (Å²) in [6.07, 6.45) is -0.849. The van der Waals surface area contributed by atoms with Crippen LogP contribution < -0.4 is 5.73 Å². The minimum absolute atomic E-state index is 0.219. The van der Waals surface area contributed by atoms with Gasteiger partial charge >= 0.3 is 5.97 Å². The fraction of sp³-hybridized carbons (Fsp3) is 0.0714. The van der Waals surface area contributed by atoms with Crippen molar-refractivity contribution in [2.75, 3.05) is 5.73 Å². The third kappa shape index (κ3) is 2.77. The molecule has 0 aliphatic rings. The Kier molecular flexibility index (Phi) is 4.13. The van der Waals surface area contributed by atoms with Crippen LogP contribution in [0, 0.1) is 29.1 Å². The summed E-state index contributed by atoms with van der Waals surface area (Å²) in [5.74, 6) is -12.9. The minimum atomic E-state index is -2.30. The van der Waals surface area contributed by atoms with E-state index in [1.54, 1.807) is 0 Å². The van der Waals surface area contributed by atoms with Crippen molar-refractivity contribution in [1.29, 1.82) is 0 Å². The molecule has 0 spiro atoms. The summed E-state index contributed by atoms with van der Waals surface area (Å²) in [6, 6.07) is 1.61. The normalized spacial score (nSPS) is 10.8. The van der Waals surface area contributed by atoms with Gasteiger partial charge in [0.15, 0.2) is 23.3 Å². The van der Waals surface area contributed by atoms with Crippen molar-refractivity contribution < 1.29 is 37.0 Å². The van der Waals surface area contributed by atoms with E-state index in [4.69, 9.17) is 10.8 Å². The lowest BCUT2D eigenvalue weighted by Gasteiger charge is -2.11. The third-order valence-corrected chi connectivity index (χ3v) is 3.16. The lowest BCUT2D eigenvalue weighted by atomic mass is 9.99. The highest BCUT2D eigenvalue weighted by Crippen LogP contribution is 2.30. The van der Waals surface area contributed by atoms with Gasteiger partial charge in [-0.15, -0.1) is 0 Å². The number of carbonyl (C=O) groups is 1. The maximum Gasteiger partial charge on any atom is 0.339 e. The van der Waals surface area contributed by atoms with Crippen LogP contribution in [-0.2, 0) is 6.42 Å². The van der Waals surface area contributed by atoms with Crippen LogP contribution in [0.15, 0.2) is 12.1 Å². The van der Waals surface area contributed by atoms with E-state index in [0.29, 0.717) is 0 Å². The van der Waals surface area contributed by atoms with Crippen molar-refractivity contribution >= 4 is 11.7 Å². The highest BCUT2D eigenvalue weighted by Gasteiger charge is 2.26. The zero-order valence-electron chi connectivity index (χ0n) is 11.1. The molecule has 0 bridgehead atoms. The Morgan fingerprint density at radius 1 is 0.957 bits per heavy atom. The van der Waals surface area contributed by atoms with Crippen molar-refractivity contribution in [3.63, 3.8) is 0 Å². The summed E-state index contributed by atoms with van der Waals surface area (Å²) in [7, 11) is 0. The van der Waals surface area contributed by atoms with Gasteiger partial charge in [-0.25, -0.2) is 26.7 Å². The standard InChI is InChI=1S/C14H8F5NO3/c15-9-6(10(16)12(18)13(19)11(9)17)2-4-1-5(14(22)23)8(21)3-7(4)20/h1,3,21H,2,20H2,(H,22,23). The Morgan fingerprint density at radius 3 is 1.91 bits per heavy atom. The number of aromatic hydroxyl groups is 1. The minimum Gasteiger partial charge on any atom is -0.507 e. The summed E-state index contributed by atoms with van der Waals surface area (Å²) in [5, 5.41) is 18.3. The van der Waals surface area contributed by atoms with Gasteiger partial charge < -0.3 is 15.9 Å². The van der Waals surface area contributed by atoms with Crippen LogP contribution in [0.1, 0.15) is 21.5 Å². The number of hydrogen-bond acceptors (Lipinski definition) is 3. The van der Waals surface area contributed by atoms with Gasteiger partial charge in [0, 0.05) is 23.7 Å². The number of benzene rings is 2. The lowest BCUT2D eigenvalue weighted by molar-refractivity contribution is 0.0693. The SMILES string of the molecule is Nc1cc(O)c(C(=O)O)cc1Cc1c(F)c(F)c(F)c(F)c1F. The second-order valence-electron chi connectivity index (χ2n) is 4.60. The van der Waals surface area contributed by atoms with Crippen LogP contribution in [0.3, 0.4) is 0 Å². The lowest BCUT2D eigenvalue weighted by Crippen LogP contribution is -2.09. The van der Waals surface area contributed by atoms with E-state index in [0.717, 1.165) is 12.1 Å². The van der Waals surface area contributed by atoms with Crippen LogP contribution in [0.5, 0.6) is 5.75 Å². The number of nitrogens with two attached hydrogens (primary N) is 1. The monoisotopic (exact) mass is 333 g/mol. The highest BCUT2D eigenvalue weighted by atomic mass is 19.2. The molecule has 0 aliphatic carbocycles. The first kappa shape index (κ1) is 16.5. The Morgan fingerprint density at radius 2 is 1.43 bits per heavy atom. The van der Waals surface area contributed by atoms with Gasteiger partial charge in [-0.2, -0.15) is 0 Å². The van der Waals surface area contributed by atoms with Crippen LogP contribution in [-0.4, -0.2) is 16.2 Å². The zero-order valence-corrected chi connectivity index (χ0v) is 11.1. The average molecular weight is 333 g/mol. The maximum atomic E-state index is 13.6. The molecule has 9 heteroatoms. The molecule has 2 aromatic carbocycles. The number of hydrogen-bond donors (Lipinski definition) is 3. The number of aromatic carboxylic acids is 1. The molecule has 2 aromatic rings. The number of anilines is 1. The van der Waals surface area contributed by atoms with E-state index in [1.807, 2.05) is 0 Å². The molecule has 2 rings (SSSR count). The van der Waals surface area contributed by atoms with E-state index in [9.17, 15) is 31.9 Å². The van der Waals surface area contributed by atoms with E-state index < -0.39 is 58.4 Å². The van der Waals surface area contributed by atoms with Crippen LogP contribution in [0.4, 0.5) is 27.6 Å². The molecule has 0 heterocycles. The Balaban J connectivity index is 2.61. The predicted molar refractivity (Wildman–Crippen MR) is 68.5 cm³/mol. The number of phenols is 1. The molecule has 0 atom stereocenters. The van der Waals surface area contributed by atoms with E-state index >= 15 is 0 Å². The smallest absolute Gasteiger partial charge is 0.339 e. The fourth-order valence-electron chi connectivity index (χ4n) is 1.97. The highest BCUT2D eigenvalue weighted by molar-refractivity contribution is 5.92. The van der Waals surface area contributed by atoms with E-state index in [-0.39, 0.29) is 11.3 Å². The molecule has 4 nitrogen and oxygen atoms in total. The summed E-state index contributed by atoms with van der Waals surface area (Å²) >= 11 is 0. The largest absolute Gasteiger partial charge is 0.507 e. The number of carboxylic acid groups (broad SMARTS) is 1. The quantitative estimate of drug-likeness (QED) is 0.349. The first-order valence-electron chi connectivity index (χ1n) is 6.00. The summed E-state index contributed by atoms with van der Waals surface area (Å²) < 4.78 is 66.5.